The number of carbonyl (C=O) groups excluding carboxylic acids is 1. The summed E-state index contributed by atoms with van der Waals surface area (Å²) in [6.45, 7) is 6.39. The van der Waals surface area contributed by atoms with E-state index in [4.69, 9.17) is 0 Å². The first-order valence-electron chi connectivity index (χ1n) is 6.93. The molecule has 1 aromatic heterocycles. The largest absolute Gasteiger partial charge is 0.322 e. The molecule has 0 atom stereocenters. The van der Waals surface area contributed by atoms with Gasteiger partial charge in [0.1, 0.15) is 0 Å². The van der Waals surface area contributed by atoms with Crippen molar-refractivity contribution >= 4 is 17.7 Å². The van der Waals surface area contributed by atoms with Gasteiger partial charge in [-0.2, -0.15) is 5.10 Å². The van der Waals surface area contributed by atoms with Gasteiger partial charge in [-0.05, 0) is 23.1 Å². The summed E-state index contributed by atoms with van der Waals surface area (Å²) in [6.07, 6.45) is 6.85. The molecule has 0 unspecified atom stereocenters. The summed E-state index contributed by atoms with van der Waals surface area (Å²) in [5, 5.41) is 7.00. The highest BCUT2D eigenvalue weighted by atomic mass is 16.1. The van der Waals surface area contributed by atoms with Crippen molar-refractivity contribution in [1.82, 2.24) is 9.78 Å². The monoisotopic (exact) mass is 283 g/mol. The minimum absolute atomic E-state index is 0.0169. The molecule has 0 radical (unpaired) electrons. The molecule has 4 heteroatoms. The van der Waals surface area contributed by atoms with E-state index in [-0.39, 0.29) is 11.3 Å². The van der Waals surface area contributed by atoms with Crippen LogP contribution in [0.25, 0.3) is 6.08 Å². The number of hydrogen-bond donors (Lipinski definition) is 1. The van der Waals surface area contributed by atoms with Gasteiger partial charge in [0.2, 0.25) is 5.91 Å². The maximum absolute atomic E-state index is 12.0. The number of para-hydroxylation sites is 1. The molecule has 1 N–H and O–H groups in total. The normalized spacial score (nSPS) is 11.8. The number of rotatable bonds is 3. The zero-order valence-electron chi connectivity index (χ0n) is 12.9. The van der Waals surface area contributed by atoms with Crippen molar-refractivity contribution < 1.29 is 4.79 Å². The predicted octanol–water partition coefficient (Wildman–Crippen LogP) is 3.37. The summed E-state index contributed by atoms with van der Waals surface area (Å²) in [5.41, 5.74) is 2.85. The lowest BCUT2D eigenvalue weighted by atomic mass is 9.86. The number of aryl methyl sites for hydroxylation is 1. The topological polar surface area (TPSA) is 46.9 Å². The Labute approximate surface area is 125 Å². The number of nitrogens with zero attached hydrogens (tertiary/aromatic N) is 2. The number of aromatic nitrogens is 2. The molecule has 0 aliphatic carbocycles. The van der Waals surface area contributed by atoms with Crippen LogP contribution >= 0.6 is 0 Å². The smallest absolute Gasteiger partial charge is 0.248 e. The lowest BCUT2D eigenvalue weighted by Crippen LogP contribution is -2.17. The molecule has 0 spiro atoms. The van der Waals surface area contributed by atoms with Gasteiger partial charge in [0.15, 0.2) is 0 Å². The average Bonchev–Trinajstić information content (AvgIpc) is 2.82. The second kappa shape index (κ2) is 5.95. The molecule has 1 aromatic carbocycles. The van der Waals surface area contributed by atoms with Gasteiger partial charge in [0.25, 0.3) is 0 Å². The van der Waals surface area contributed by atoms with Gasteiger partial charge >= 0.3 is 0 Å². The third kappa shape index (κ3) is 4.05. The molecule has 0 saturated heterocycles. The highest BCUT2D eigenvalue weighted by Crippen LogP contribution is 2.29. The fourth-order valence-electron chi connectivity index (χ4n) is 2.12. The Morgan fingerprint density at radius 3 is 2.62 bits per heavy atom. The van der Waals surface area contributed by atoms with Crippen LogP contribution in [0.3, 0.4) is 0 Å². The number of benzene rings is 1. The van der Waals surface area contributed by atoms with Gasteiger partial charge in [0.05, 0.1) is 6.20 Å². The van der Waals surface area contributed by atoms with Gasteiger partial charge in [-0.25, -0.2) is 0 Å². The van der Waals surface area contributed by atoms with Crippen molar-refractivity contribution in [1.29, 1.82) is 0 Å². The van der Waals surface area contributed by atoms with Crippen molar-refractivity contribution in [2.75, 3.05) is 5.32 Å². The number of carbonyl (C=O) groups is 1. The fourth-order valence-corrected chi connectivity index (χ4v) is 2.12. The molecule has 110 valence electrons. The van der Waals surface area contributed by atoms with E-state index in [0.29, 0.717) is 0 Å². The van der Waals surface area contributed by atoms with Crippen LogP contribution in [-0.2, 0) is 17.3 Å². The number of anilines is 1. The molecule has 21 heavy (non-hydrogen) atoms. The molecule has 1 heterocycles. The standard InChI is InChI=1S/C17H21N3O/c1-17(2,3)14-7-5-6-8-15(14)19-16(21)10-9-13-11-18-20(4)12-13/h5-12H,1-4H3,(H,19,21). The van der Waals surface area contributed by atoms with Crippen LogP contribution in [0, 0.1) is 0 Å². The molecule has 0 aliphatic heterocycles. The minimum Gasteiger partial charge on any atom is -0.322 e. The van der Waals surface area contributed by atoms with E-state index in [1.54, 1.807) is 17.0 Å². The minimum atomic E-state index is -0.143. The molecule has 2 aromatic rings. The van der Waals surface area contributed by atoms with Crippen LogP contribution in [0.5, 0.6) is 0 Å². The van der Waals surface area contributed by atoms with Crippen molar-refractivity contribution in [3.8, 4) is 0 Å². The summed E-state index contributed by atoms with van der Waals surface area (Å²) in [6, 6.07) is 7.88. The maximum Gasteiger partial charge on any atom is 0.248 e. The zero-order valence-corrected chi connectivity index (χ0v) is 12.9. The number of nitrogens with one attached hydrogen (secondary N) is 1. The highest BCUT2D eigenvalue weighted by molar-refractivity contribution is 6.02. The summed E-state index contributed by atoms with van der Waals surface area (Å²) >= 11 is 0. The Morgan fingerprint density at radius 1 is 1.29 bits per heavy atom. The molecule has 2 rings (SSSR count). The zero-order chi connectivity index (χ0) is 15.5. The number of amides is 1. The Kier molecular flexibility index (Phi) is 4.26. The fraction of sp³-hybridized carbons (Fsp3) is 0.294. The molecule has 0 bridgehead atoms. The van der Waals surface area contributed by atoms with Crippen LogP contribution in [0.2, 0.25) is 0 Å². The third-order valence-electron chi connectivity index (χ3n) is 3.14. The van der Waals surface area contributed by atoms with Crippen LogP contribution < -0.4 is 5.32 Å². The van der Waals surface area contributed by atoms with Gasteiger partial charge in [-0.15, -0.1) is 0 Å². The lowest BCUT2D eigenvalue weighted by molar-refractivity contribution is -0.111. The first-order valence-corrected chi connectivity index (χ1v) is 6.93. The molecule has 0 aliphatic rings. The van der Waals surface area contributed by atoms with Crippen molar-refractivity contribution in [2.45, 2.75) is 26.2 Å². The van der Waals surface area contributed by atoms with E-state index in [2.05, 4.69) is 31.2 Å². The van der Waals surface area contributed by atoms with E-state index in [9.17, 15) is 4.79 Å². The third-order valence-corrected chi connectivity index (χ3v) is 3.14. The van der Waals surface area contributed by atoms with E-state index in [1.807, 2.05) is 37.5 Å². The van der Waals surface area contributed by atoms with Gasteiger partial charge in [-0.3, -0.25) is 9.48 Å². The van der Waals surface area contributed by atoms with Gasteiger partial charge < -0.3 is 5.32 Å². The van der Waals surface area contributed by atoms with Crippen LogP contribution in [0.4, 0.5) is 5.69 Å². The second-order valence-corrected chi connectivity index (χ2v) is 6.07. The second-order valence-electron chi connectivity index (χ2n) is 6.07. The molecule has 0 fully saturated rings. The van der Waals surface area contributed by atoms with E-state index >= 15 is 0 Å². The quantitative estimate of drug-likeness (QED) is 0.878. The maximum atomic E-state index is 12.0. The lowest BCUT2D eigenvalue weighted by Gasteiger charge is -2.22. The van der Waals surface area contributed by atoms with E-state index < -0.39 is 0 Å². The Hall–Kier alpha value is -2.36. The predicted molar refractivity (Wildman–Crippen MR) is 86.0 cm³/mol. The van der Waals surface area contributed by atoms with Crippen molar-refractivity contribution in [2.24, 2.45) is 7.05 Å². The summed E-state index contributed by atoms with van der Waals surface area (Å²) in [7, 11) is 1.84. The van der Waals surface area contributed by atoms with Crippen LogP contribution in [0.15, 0.2) is 42.7 Å². The Bertz CT molecular complexity index is 663. The van der Waals surface area contributed by atoms with E-state index in [0.717, 1.165) is 16.8 Å². The SMILES string of the molecule is Cn1cc(C=CC(=O)Nc2ccccc2C(C)(C)C)cn1. The van der Waals surface area contributed by atoms with Crippen molar-refractivity contribution in [3.63, 3.8) is 0 Å². The molecular weight excluding hydrogens is 262 g/mol. The Balaban J connectivity index is 2.12. The summed E-state index contributed by atoms with van der Waals surface area (Å²) < 4.78 is 1.70. The summed E-state index contributed by atoms with van der Waals surface area (Å²) in [4.78, 5) is 12.0. The molecular formula is C17H21N3O. The van der Waals surface area contributed by atoms with Crippen LogP contribution in [0.1, 0.15) is 31.9 Å². The van der Waals surface area contributed by atoms with Gasteiger partial charge in [0, 0.05) is 30.6 Å². The average molecular weight is 283 g/mol. The van der Waals surface area contributed by atoms with Crippen LogP contribution in [-0.4, -0.2) is 15.7 Å². The highest BCUT2D eigenvalue weighted by Gasteiger charge is 2.17. The first-order chi connectivity index (χ1) is 9.86. The number of hydrogen-bond acceptors (Lipinski definition) is 2. The first kappa shape index (κ1) is 15.0. The summed E-state index contributed by atoms with van der Waals surface area (Å²) in [5.74, 6) is -0.143. The molecule has 4 nitrogen and oxygen atoms in total. The molecule has 1 amide bonds. The van der Waals surface area contributed by atoms with Crippen molar-refractivity contribution in [3.05, 3.63) is 53.9 Å². The van der Waals surface area contributed by atoms with E-state index in [1.165, 1.54) is 6.08 Å². The molecule has 0 saturated carbocycles. The Morgan fingerprint density at radius 2 is 2.00 bits per heavy atom. The van der Waals surface area contributed by atoms with Gasteiger partial charge in [-0.1, -0.05) is 39.0 Å².